The molecule has 36 heavy (non-hydrogen) atoms. The highest BCUT2D eigenvalue weighted by molar-refractivity contribution is 7.88. The highest BCUT2D eigenvalue weighted by atomic mass is 32.2. The van der Waals surface area contributed by atoms with Crippen LogP contribution in [-0.2, 0) is 16.4 Å². The lowest BCUT2D eigenvalue weighted by atomic mass is 9.96. The van der Waals surface area contributed by atoms with Crippen LogP contribution in [0.15, 0.2) is 74.8 Å². The molecule has 0 atom stereocenters. The maximum atomic E-state index is 12.6. The molecule has 9 nitrogen and oxygen atoms in total. The fourth-order valence-corrected chi connectivity index (χ4v) is 5.31. The molecule has 2 aromatic heterocycles. The smallest absolute Gasteiger partial charge is 0.332 e. The topological polar surface area (TPSA) is 123 Å². The normalized spacial score (nSPS) is 14.1. The minimum absolute atomic E-state index is 0.475. The third-order valence-electron chi connectivity index (χ3n) is 5.88. The molecule has 2 heterocycles. The van der Waals surface area contributed by atoms with E-state index in [0.29, 0.717) is 23.6 Å². The molecule has 0 spiro atoms. The molecule has 184 valence electrons. The largest absolute Gasteiger partial charge is 0.495 e. The summed E-state index contributed by atoms with van der Waals surface area (Å²) in [4.78, 5) is 29.7. The van der Waals surface area contributed by atoms with Gasteiger partial charge in [-0.25, -0.2) is 18.0 Å². The quantitative estimate of drug-likeness (QED) is 0.377. The van der Waals surface area contributed by atoms with Crippen molar-refractivity contribution in [2.24, 2.45) is 5.10 Å². The number of hydrogen-bond acceptors (Lipinski definition) is 7. The number of ether oxygens (including phenoxy) is 1. The molecule has 0 saturated carbocycles. The van der Waals surface area contributed by atoms with Crippen LogP contribution in [-0.4, -0.2) is 37.0 Å². The molecule has 0 aliphatic heterocycles. The van der Waals surface area contributed by atoms with Gasteiger partial charge in [0.15, 0.2) is 0 Å². The maximum absolute atomic E-state index is 12.6. The van der Waals surface area contributed by atoms with Gasteiger partial charge >= 0.3 is 5.69 Å². The van der Waals surface area contributed by atoms with Crippen molar-refractivity contribution in [1.29, 1.82) is 0 Å². The number of nitrogens with zero attached hydrogens (tertiary/aromatic N) is 2. The highest BCUT2D eigenvalue weighted by Crippen LogP contribution is 2.43. The second-order valence-electron chi connectivity index (χ2n) is 8.33. The van der Waals surface area contributed by atoms with Gasteiger partial charge < -0.3 is 4.74 Å². The summed E-state index contributed by atoms with van der Waals surface area (Å²) in [7, 11) is -1.88. The zero-order valence-electron chi connectivity index (χ0n) is 19.4. The minimum Gasteiger partial charge on any atom is -0.495 e. The molecular formula is C25H22N4O5S2. The summed E-state index contributed by atoms with van der Waals surface area (Å²) in [6, 6.07) is 14.8. The number of H-pyrrole nitrogens is 1. The van der Waals surface area contributed by atoms with Crippen molar-refractivity contribution in [3.63, 3.8) is 0 Å². The number of aromatic nitrogens is 2. The number of hydrogen-bond donors (Lipinski definition) is 2. The monoisotopic (exact) mass is 522 g/mol. The van der Waals surface area contributed by atoms with E-state index in [1.807, 2.05) is 47.8 Å². The van der Waals surface area contributed by atoms with Gasteiger partial charge in [0.1, 0.15) is 5.75 Å². The summed E-state index contributed by atoms with van der Waals surface area (Å²) in [6.07, 6.45) is 3.87. The van der Waals surface area contributed by atoms with E-state index in [4.69, 9.17) is 4.74 Å². The first-order chi connectivity index (χ1) is 17.2. The van der Waals surface area contributed by atoms with E-state index in [9.17, 15) is 18.0 Å². The number of fused-ring (bicyclic) bond motifs is 1. The van der Waals surface area contributed by atoms with E-state index < -0.39 is 21.3 Å². The van der Waals surface area contributed by atoms with E-state index in [1.165, 1.54) is 28.2 Å². The Bertz CT molecular complexity index is 1720. The number of sulfonamides is 1. The van der Waals surface area contributed by atoms with Crippen LogP contribution in [0.1, 0.15) is 17.5 Å². The number of thiophene rings is 1. The lowest BCUT2D eigenvalue weighted by Gasteiger charge is -2.17. The van der Waals surface area contributed by atoms with Crippen molar-refractivity contribution < 1.29 is 13.2 Å². The second kappa shape index (κ2) is 9.25. The first-order valence-corrected chi connectivity index (χ1v) is 13.8. The number of hydrazone groups is 1. The van der Waals surface area contributed by atoms with Crippen molar-refractivity contribution in [3.8, 4) is 33.0 Å². The number of benzene rings is 2. The molecule has 1 aliphatic carbocycles. The van der Waals surface area contributed by atoms with Crippen LogP contribution >= 0.6 is 11.3 Å². The fourth-order valence-electron chi connectivity index (χ4n) is 4.29. The Kier molecular flexibility index (Phi) is 6.10. The van der Waals surface area contributed by atoms with Gasteiger partial charge in [-0.15, -0.1) is 11.3 Å². The number of rotatable bonds is 6. The summed E-state index contributed by atoms with van der Waals surface area (Å²) >= 11 is 1.54. The predicted molar refractivity (Wildman–Crippen MR) is 141 cm³/mol. The third-order valence-corrected chi connectivity index (χ3v) is 7.20. The Morgan fingerprint density at radius 2 is 1.86 bits per heavy atom. The molecule has 0 radical (unpaired) electrons. The zero-order valence-corrected chi connectivity index (χ0v) is 21.1. The van der Waals surface area contributed by atoms with Gasteiger partial charge in [0, 0.05) is 33.8 Å². The Hall–Kier alpha value is -3.96. The SMILES string of the molecule is COc1c(-c2ccc3c(c2)/C(=N/NS(C)(=O)=O)CC3)cc(-n2ccc(=O)[nH]c2=O)cc1-c1cccs1. The lowest BCUT2D eigenvalue weighted by Crippen LogP contribution is -2.27. The van der Waals surface area contributed by atoms with Crippen molar-refractivity contribution in [2.75, 3.05) is 13.4 Å². The van der Waals surface area contributed by atoms with Gasteiger partial charge in [0.05, 0.1) is 24.8 Å². The van der Waals surface area contributed by atoms with Gasteiger partial charge in [-0.05, 0) is 53.6 Å². The van der Waals surface area contributed by atoms with Crippen LogP contribution in [0.2, 0.25) is 0 Å². The number of aryl methyl sites for hydroxylation is 1. The van der Waals surface area contributed by atoms with E-state index in [0.717, 1.165) is 45.4 Å². The fraction of sp³-hybridized carbons (Fsp3) is 0.160. The maximum Gasteiger partial charge on any atom is 0.332 e. The van der Waals surface area contributed by atoms with E-state index in [-0.39, 0.29) is 0 Å². The van der Waals surface area contributed by atoms with Crippen LogP contribution in [0.5, 0.6) is 5.75 Å². The van der Waals surface area contributed by atoms with E-state index >= 15 is 0 Å². The lowest BCUT2D eigenvalue weighted by molar-refractivity contribution is 0.418. The third kappa shape index (κ3) is 4.62. The average molecular weight is 523 g/mol. The van der Waals surface area contributed by atoms with Gasteiger partial charge in [0.2, 0.25) is 10.0 Å². The van der Waals surface area contributed by atoms with Crippen LogP contribution in [0.4, 0.5) is 0 Å². The first kappa shape index (κ1) is 23.8. The molecule has 0 bridgehead atoms. The summed E-state index contributed by atoms with van der Waals surface area (Å²) in [5.74, 6) is 0.629. The second-order valence-corrected chi connectivity index (χ2v) is 11.0. The molecular weight excluding hydrogens is 500 g/mol. The Balaban J connectivity index is 1.73. The molecule has 11 heteroatoms. The number of nitrogens with one attached hydrogen (secondary N) is 2. The van der Waals surface area contributed by atoms with Crippen molar-refractivity contribution in [1.82, 2.24) is 14.4 Å². The van der Waals surface area contributed by atoms with Gasteiger partial charge in [-0.2, -0.15) is 5.10 Å². The molecule has 1 aliphatic rings. The standard InChI is InChI=1S/C25H22N4O5S2/c1-34-24-19(16-6-5-15-7-8-21(18(15)12-16)27-28-36(2,32)33)13-17(14-20(24)22-4-3-11-35-22)29-10-9-23(30)26-25(29)31/h3-6,9-14,28H,7-8H2,1-2H3,(H,26,30,31)/b27-21+. The van der Waals surface area contributed by atoms with Crippen LogP contribution < -0.4 is 20.8 Å². The molecule has 2 aromatic carbocycles. The van der Waals surface area contributed by atoms with Crippen molar-refractivity contribution >= 4 is 27.1 Å². The Morgan fingerprint density at radius 1 is 1.06 bits per heavy atom. The van der Waals surface area contributed by atoms with Crippen LogP contribution in [0.25, 0.3) is 27.3 Å². The first-order valence-electron chi connectivity index (χ1n) is 11.0. The molecule has 0 fully saturated rings. The summed E-state index contributed by atoms with van der Waals surface area (Å²) < 4.78 is 30.4. The Labute approximate surface area is 210 Å². The Morgan fingerprint density at radius 3 is 2.56 bits per heavy atom. The number of aromatic amines is 1. The van der Waals surface area contributed by atoms with Gasteiger partial charge in [0.25, 0.3) is 5.56 Å². The summed E-state index contributed by atoms with van der Waals surface area (Å²) in [6.45, 7) is 0. The van der Waals surface area contributed by atoms with Gasteiger partial charge in [-0.3, -0.25) is 14.3 Å². The van der Waals surface area contributed by atoms with Crippen molar-refractivity contribution in [2.45, 2.75) is 12.8 Å². The molecule has 0 amide bonds. The molecule has 0 saturated heterocycles. The highest BCUT2D eigenvalue weighted by Gasteiger charge is 2.22. The van der Waals surface area contributed by atoms with Crippen molar-refractivity contribution in [3.05, 3.63) is 92.1 Å². The van der Waals surface area contributed by atoms with Gasteiger partial charge in [-0.1, -0.05) is 18.2 Å². The summed E-state index contributed by atoms with van der Waals surface area (Å²) in [5, 5.41) is 6.08. The minimum atomic E-state index is -3.48. The molecule has 5 rings (SSSR count). The predicted octanol–water partition coefficient (Wildman–Crippen LogP) is 3.13. The number of methoxy groups -OCH3 is 1. The molecule has 0 unspecified atom stereocenters. The molecule has 4 aromatic rings. The summed E-state index contributed by atoms with van der Waals surface area (Å²) in [5.41, 5.74) is 4.46. The van der Waals surface area contributed by atoms with E-state index in [2.05, 4.69) is 14.9 Å². The van der Waals surface area contributed by atoms with E-state index in [1.54, 1.807) is 7.11 Å². The van der Waals surface area contributed by atoms with Crippen LogP contribution in [0.3, 0.4) is 0 Å². The average Bonchev–Trinajstić information content (AvgIpc) is 3.51. The van der Waals surface area contributed by atoms with Crippen LogP contribution in [0, 0.1) is 0 Å². The molecule has 2 N–H and O–H groups in total. The zero-order chi connectivity index (χ0) is 25.4.